The Labute approximate surface area is 592 Å². The van der Waals surface area contributed by atoms with Gasteiger partial charge >= 0.3 is 0 Å². The van der Waals surface area contributed by atoms with Crippen molar-refractivity contribution in [1.82, 2.24) is 10.6 Å². The molecule has 1 aliphatic rings. The van der Waals surface area contributed by atoms with Crippen molar-refractivity contribution in [2.24, 2.45) is 0 Å². The van der Waals surface area contributed by atoms with Crippen molar-refractivity contribution >= 4 is 11.8 Å². The number of amides is 2. The summed E-state index contributed by atoms with van der Waals surface area (Å²) in [6, 6.07) is 67.7. The second-order valence-corrected chi connectivity index (χ2v) is 26.5. The van der Waals surface area contributed by atoms with E-state index in [1.165, 1.54) is 57.8 Å². The molecule has 0 spiro atoms. The van der Waals surface area contributed by atoms with Crippen LogP contribution >= 0.6 is 0 Å². The fraction of sp³-hybridized carbons (Fsp3) is 0.488. The van der Waals surface area contributed by atoms with Gasteiger partial charge in [-0.1, -0.05) is 317 Å². The van der Waals surface area contributed by atoms with Crippen LogP contribution in [0.25, 0.3) is 0 Å². The minimum Gasteiger partial charge on any atom is -0.497 e. The van der Waals surface area contributed by atoms with Crippen LogP contribution in [0.15, 0.2) is 206 Å². The molecule has 0 bridgehead atoms. The maximum absolute atomic E-state index is 14.9. The second-order valence-electron chi connectivity index (χ2n) is 26.5. The van der Waals surface area contributed by atoms with E-state index in [1.54, 1.807) is 19.2 Å². The van der Waals surface area contributed by atoms with E-state index in [1.807, 2.05) is 121 Å². The predicted molar refractivity (Wildman–Crippen MR) is 395 cm³/mol. The number of nitrogens with one attached hydrogen (secondary N) is 2. The van der Waals surface area contributed by atoms with Gasteiger partial charge in [-0.2, -0.15) is 0 Å². The molecule has 8 atom stereocenters. The molecule has 0 aromatic heterocycles. The van der Waals surface area contributed by atoms with Gasteiger partial charge in [0.1, 0.15) is 36.3 Å². The minimum absolute atomic E-state index is 0.00212. The van der Waals surface area contributed by atoms with Gasteiger partial charge in [-0.15, -0.1) is 0 Å². The molecule has 0 aliphatic carbocycles. The first-order valence-electron chi connectivity index (χ1n) is 37.3. The van der Waals surface area contributed by atoms with Gasteiger partial charge in [0.2, 0.25) is 5.91 Å². The van der Waals surface area contributed by atoms with Gasteiger partial charge in [-0.25, -0.2) is 0 Å². The number of hydrogen-bond acceptors (Lipinski definition) is 11. The molecule has 2 N–H and O–H groups in total. The summed E-state index contributed by atoms with van der Waals surface area (Å²) < 4.78 is 62.2. The van der Waals surface area contributed by atoms with E-state index in [0.717, 1.165) is 117 Å². The monoisotopic (exact) mass is 1350 g/mol. The molecule has 7 aromatic rings. The van der Waals surface area contributed by atoms with Crippen LogP contribution in [0.2, 0.25) is 0 Å². The van der Waals surface area contributed by atoms with Gasteiger partial charge in [0.15, 0.2) is 6.29 Å². The van der Waals surface area contributed by atoms with Crippen LogP contribution in [0, 0.1) is 0 Å². The van der Waals surface area contributed by atoms with E-state index in [4.69, 9.17) is 42.6 Å². The Morgan fingerprint density at radius 3 is 1.37 bits per heavy atom. The lowest BCUT2D eigenvalue weighted by atomic mass is 9.97. The first kappa shape index (κ1) is 77.7. The highest BCUT2D eigenvalue weighted by Gasteiger charge is 2.50. The van der Waals surface area contributed by atoms with Crippen LogP contribution in [0.1, 0.15) is 198 Å². The number of carbonyl (C=O) groups is 2. The topological polar surface area (TPSA) is 141 Å². The van der Waals surface area contributed by atoms with Crippen LogP contribution in [0.5, 0.6) is 5.75 Å². The molecule has 99 heavy (non-hydrogen) atoms. The number of ether oxygens (including phenoxy) is 9. The summed E-state index contributed by atoms with van der Waals surface area (Å²) in [4.78, 5) is 27.6. The molecule has 0 radical (unpaired) electrons. The van der Waals surface area contributed by atoms with Crippen LogP contribution in [0.4, 0.5) is 0 Å². The van der Waals surface area contributed by atoms with E-state index in [0.29, 0.717) is 50.7 Å². The van der Waals surface area contributed by atoms with Gasteiger partial charge in [0.05, 0.1) is 72.1 Å². The van der Waals surface area contributed by atoms with E-state index < -0.39 is 49.0 Å². The molecule has 534 valence electrons. The molecule has 1 heterocycles. The van der Waals surface area contributed by atoms with Crippen molar-refractivity contribution in [1.29, 1.82) is 0 Å². The zero-order valence-corrected chi connectivity index (χ0v) is 59.4. The molecule has 1 fully saturated rings. The van der Waals surface area contributed by atoms with Gasteiger partial charge in [-0.05, 0) is 70.8 Å². The summed E-state index contributed by atoms with van der Waals surface area (Å²) in [6.07, 6.45) is 20.0. The SMILES string of the molecule is CCCCCCCCCCCCCC[C@@H](OCc1ccccc1)[C@@H](OCc1ccccc1)[C@H](CO[C@H]1O[C@H](COCc2ccccc2)[C@H](OCc2ccccc2)[C@H](OCc2ccccc2)[C@H]1OCc1ccccc1)NC(=O)CCCCCCCCCCCNC(=O)c1cccc(OC)c1. The Morgan fingerprint density at radius 1 is 0.434 bits per heavy atom. The van der Waals surface area contributed by atoms with Crippen molar-refractivity contribution in [2.45, 2.75) is 243 Å². The summed E-state index contributed by atoms with van der Waals surface area (Å²) in [5.74, 6) is 0.519. The van der Waals surface area contributed by atoms with Gasteiger partial charge in [-0.3, -0.25) is 9.59 Å². The smallest absolute Gasteiger partial charge is 0.251 e. The first-order chi connectivity index (χ1) is 48.9. The average Bonchev–Trinajstić information content (AvgIpc) is 0.801. The lowest BCUT2D eigenvalue weighted by Gasteiger charge is -2.46. The van der Waals surface area contributed by atoms with Crippen molar-refractivity contribution in [3.8, 4) is 5.75 Å². The molecule has 13 heteroatoms. The van der Waals surface area contributed by atoms with Crippen LogP contribution in [-0.2, 0) is 82.3 Å². The fourth-order valence-electron chi connectivity index (χ4n) is 12.8. The maximum Gasteiger partial charge on any atom is 0.251 e. The second kappa shape index (κ2) is 47.9. The van der Waals surface area contributed by atoms with E-state index >= 15 is 0 Å². The molecule has 0 saturated carbocycles. The van der Waals surface area contributed by atoms with Crippen LogP contribution in [0.3, 0.4) is 0 Å². The Balaban J connectivity index is 1.03. The normalized spacial score (nSPS) is 17.0. The number of rotatable bonds is 52. The summed E-state index contributed by atoms with van der Waals surface area (Å²) >= 11 is 0. The highest BCUT2D eigenvalue weighted by Crippen LogP contribution is 2.33. The van der Waals surface area contributed by atoms with E-state index in [9.17, 15) is 9.59 Å². The third kappa shape index (κ3) is 30.4. The fourth-order valence-corrected chi connectivity index (χ4v) is 12.8. The van der Waals surface area contributed by atoms with Gasteiger partial charge in [0.25, 0.3) is 5.91 Å². The predicted octanol–water partition coefficient (Wildman–Crippen LogP) is 18.8. The first-order valence-corrected chi connectivity index (χ1v) is 37.3. The highest BCUT2D eigenvalue weighted by molar-refractivity contribution is 5.94. The average molecular weight is 1350 g/mol. The van der Waals surface area contributed by atoms with Crippen LogP contribution in [-0.4, -0.2) is 87.6 Å². The Hall–Kier alpha value is -7.04. The third-order valence-electron chi connectivity index (χ3n) is 18.5. The zero-order chi connectivity index (χ0) is 68.8. The number of hydrogen-bond donors (Lipinski definition) is 2. The number of carbonyl (C=O) groups excluding carboxylic acids is 2. The molecule has 7 aromatic carbocycles. The lowest BCUT2D eigenvalue weighted by molar-refractivity contribution is -0.330. The highest BCUT2D eigenvalue weighted by atomic mass is 16.7. The Bertz CT molecular complexity index is 3170. The van der Waals surface area contributed by atoms with E-state index in [2.05, 4.69) is 90.4 Å². The molecular formula is C86H114N2O11. The minimum atomic E-state index is -1.03. The molecule has 2 amide bonds. The standard InChI is InChI=1S/C86H114N2O11/c1-3-4-5-6-7-8-9-10-12-15-18-39-57-78(93-62-70-45-29-22-30-46-70)81(94-63-71-47-31-23-32-48-71)77(88-80(89)58-40-19-16-13-11-14-17-20-41-59-87-85(90)75-55-42-56-76(60-75)91-2)67-98-86-84(97-66-74-53-37-26-38-54-74)83(96-65-73-51-35-25-36-52-73)82(95-64-72-49-33-24-34-50-72)79(99-86)68-92-61-69-43-27-21-28-44-69/h21-38,42-56,60,77-79,81-84,86H,3-20,39-41,57-59,61-68H2,1-2H3,(H,87,90)(H,88,89)/t77-,78+,79+,81-,82-,83-,84+,86-/m0/s1. The molecular weight excluding hydrogens is 1240 g/mol. The molecule has 8 rings (SSSR count). The zero-order valence-electron chi connectivity index (χ0n) is 59.4. The summed E-state index contributed by atoms with van der Waals surface area (Å²) in [7, 11) is 1.61. The number of methoxy groups -OCH3 is 1. The number of benzene rings is 7. The largest absolute Gasteiger partial charge is 0.497 e. The molecule has 0 unspecified atom stereocenters. The Kier molecular flexibility index (Phi) is 37.6. The quantitative estimate of drug-likeness (QED) is 0.0352. The molecule has 13 nitrogen and oxygen atoms in total. The third-order valence-corrected chi connectivity index (χ3v) is 18.5. The summed E-state index contributed by atoms with van der Waals surface area (Å²) in [6.45, 7) is 4.91. The Morgan fingerprint density at radius 2 is 0.869 bits per heavy atom. The number of unbranched alkanes of at least 4 members (excludes halogenated alkanes) is 19. The van der Waals surface area contributed by atoms with Gasteiger partial charge < -0.3 is 53.3 Å². The van der Waals surface area contributed by atoms with Gasteiger partial charge in [0, 0.05) is 18.5 Å². The molecule has 1 aliphatic heterocycles. The molecule has 1 saturated heterocycles. The summed E-state index contributed by atoms with van der Waals surface area (Å²) in [5.41, 5.74) is 6.68. The van der Waals surface area contributed by atoms with Crippen molar-refractivity contribution in [3.05, 3.63) is 245 Å². The lowest BCUT2D eigenvalue weighted by Crippen LogP contribution is -2.62. The van der Waals surface area contributed by atoms with E-state index in [-0.39, 0.29) is 38.2 Å². The van der Waals surface area contributed by atoms with Crippen LogP contribution < -0.4 is 15.4 Å². The summed E-state index contributed by atoms with van der Waals surface area (Å²) in [5, 5.41) is 6.59. The van der Waals surface area contributed by atoms with Crippen molar-refractivity contribution in [2.75, 3.05) is 26.9 Å². The van der Waals surface area contributed by atoms with Crippen molar-refractivity contribution < 1.29 is 52.2 Å². The van der Waals surface area contributed by atoms with Crippen molar-refractivity contribution in [3.63, 3.8) is 0 Å². The maximum atomic E-state index is 14.9.